The van der Waals surface area contributed by atoms with Crippen molar-refractivity contribution in [2.45, 2.75) is 12.3 Å². The van der Waals surface area contributed by atoms with Crippen molar-refractivity contribution in [1.82, 2.24) is 0 Å². The molecule has 0 aliphatic heterocycles. The molecule has 1 aromatic carbocycles. The Morgan fingerprint density at radius 1 is 1.67 bits per heavy atom. The minimum Gasteiger partial charge on any atom is -0.469 e. The minimum atomic E-state index is -1.87. The lowest BCUT2D eigenvalue weighted by Gasteiger charge is -2.12. The van der Waals surface area contributed by atoms with Crippen molar-refractivity contribution in [3.05, 3.63) is 47.5 Å². The minimum absolute atomic E-state index is 0.506. The van der Waals surface area contributed by atoms with E-state index in [9.17, 15) is 4.79 Å². The first-order valence-electron chi connectivity index (χ1n) is 5.39. The van der Waals surface area contributed by atoms with Gasteiger partial charge in [0.15, 0.2) is 0 Å². The number of carbonyl (C=O) groups is 1. The maximum absolute atomic E-state index is 11.7. The summed E-state index contributed by atoms with van der Waals surface area (Å²) >= 11 is 5.75. The van der Waals surface area contributed by atoms with Gasteiger partial charge < -0.3 is 4.74 Å². The van der Waals surface area contributed by atoms with E-state index in [0.717, 1.165) is 6.08 Å². The normalized spacial score (nSPS) is 14.8. The molecule has 1 atom stereocenters. The third-order valence-electron chi connectivity index (χ3n) is 1.92. The summed E-state index contributed by atoms with van der Waals surface area (Å²) in [6.07, 6.45) is -0.774. The molecule has 0 fully saturated rings. The predicted octanol–water partition coefficient (Wildman–Crippen LogP) is 3.17. The van der Waals surface area contributed by atoms with Crippen LogP contribution in [0.5, 0.6) is 0 Å². The second-order valence-corrected chi connectivity index (χ2v) is 3.31. The highest BCUT2D eigenvalue weighted by molar-refractivity contribution is 6.30. The zero-order valence-electron chi connectivity index (χ0n) is 10.4. The number of methoxy groups -OCH3 is 1. The van der Waals surface area contributed by atoms with E-state index in [4.69, 9.17) is 14.3 Å². The predicted molar refractivity (Wildman–Crippen MR) is 61.0 cm³/mol. The number of benzene rings is 1. The fourth-order valence-electron chi connectivity index (χ4n) is 1.19. The van der Waals surface area contributed by atoms with Crippen molar-refractivity contribution in [3.8, 4) is 0 Å². The average molecular weight is 227 g/mol. The highest BCUT2D eigenvalue weighted by atomic mass is 35.5. The number of hydrogen-bond donors (Lipinski definition) is 0. The van der Waals surface area contributed by atoms with Gasteiger partial charge in [-0.25, -0.2) is 0 Å². The fourth-order valence-corrected chi connectivity index (χ4v) is 1.32. The van der Waals surface area contributed by atoms with Crippen LogP contribution in [0.3, 0.4) is 0 Å². The van der Waals surface area contributed by atoms with E-state index in [1.165, 1.54) is 7.11 Å². The Labute approximate surface area is 97.3 Å². The SMILES string of the molecule is [2H]C([2H])(C=C)C(C(=O)OC)c1ccc(Cl)cc1. The standard InChI is InChI=1S/C12H13ClO2/c1-3-4-11(12(14)15-2)9-5-7-10(13)8-6-9/h3,5-8,11H,1,4H2,2H3/i4D2. The van der Waals surface area contributed by atoms with Crippen LogP contribution in [0, 0.1) is 0 Å². The molecule has 0 aliphatic carbocycles. The average Bonchev–Trinajstić information content (AvgIpc) is 2.31. The molecular weight excluding hydrogens is 212 g/mol. The Kier molecular flexibility index (Phi) is 3.33. The molecule has 0 aliphatic rings. The van der Waals surface area contributed by atoms with Crippen molar-refractivity contribution in [2.75, 3.05) is 7.11 Å². The second-order valence-electron chi connectivity index (χ2n) is 2.88. The van der Waals surface area contributed by atoms with Gasteiger partial charge in [0.2, 0.25) is 0 Å². The van der Waals surface area contributed by atoms with Crippen molar-refractivity contribution < 1.29 is 12.3 Å². The molecular formula is C12H13ClO2. The molecule has 1 aromatic rings. The van der Waals surface area contributed by atoms with Gasteiger partial charge in [-0.3, -0.25) is 4.79 Å². The lowest BCUT2D eigenvalue weighted by molar-refractivity contribution is -0.142. The van der Waals surface area contributed by atoms with Gasteiger partial charge in [0.05, 0.1) is 13.0 Å². The monoisotopic (exact) mass is 226 g/mol. The van der Waals surface area contributed by atoms with E-state index in [2.05, 4.69) is 11.3 Å². The van der Waals surface area contributed by atoms with Crippen LogP contribution in [0.1, 0.15) is 20.6 Å². The number of hydrogen-bond acceptors (Lipinski definition) is 2. The molecule has 0 saturated heterocycles. The van der Waals surface area contributed by atoms with Crippen LogP contribution in [0.2, 0.25) is 5.02 Å². The first kappa shape index (κ1) is 8.98. The number of allylic oxidation sites excluding steroid dienone is 1. The van der Waals surface area contributed by atoms with Gasteiger partial charge in [-0.05, 0) is 24.1 Å². The van der Waals surface area contributed by atoms with Gasteiger partial charge >= 0.3 is 5.97 Å². The number of esters is 1. The van der Waals surface area contributed by atoms with Gasteiger partial charge in [-0.15, -0.1) is 6.58 Å². The van der Waals surface area contributed by atoms with E-state index in [0.29, 0.717) is 10.6 Å². The molecule has 80 valence electrons. The van der Waals surface area contributed by atoms with Crippen LogP contribution in [-0.2, 0) is 9.53 Å². The largest absolute Gasteiger partial charge is 0.469 e. The molecule has 15 heavy (non-hydrogen) atoms. The summed E-state index contributed by atoms with van der Waals surface area (Å²) in [5.41, 5.74) is 0.506. The Morgan fingerprint density at radius 2 is 2.27 bits per heavy atom. The summed E-state index contributed by atoms with van der Waals surface area (Å²) in [5, 5.41) is 0.525. The maximum Gasteiger partial charge on any atom is 0.313 e. The summed E-state index contributed by atoms with van der Waals surface area (Å²) in [6.45, 7) is 3.40. The second kappa shape index (κ2) is 5.56. The molecule has 1 unspecified atom stereocenters. The molecule has 0 N–H and O–H groups in total. The molecule has 0 radical (unpaired) electrons. The van der Waals surface area contributed by atoms with E-state index in [1.54, 1.807) is 24.3 Å². The number of carbonyl (C=O) groups excluding carboxylic acids is 1. The molecule has 0 spiro atoms. The molecule has 0 amide bonds. The Hall–Kier alpha value is -1.28. The lowest BCUT2D eigenvalue weighted by Crippen LogP contribution is -2.13. The van der Waals surface area contributed by atoms with E-state index in [1.807, 2.05) is 0 Å². The Balaban J connectivity index is 3.20. The van der Waals surface area contributed by atoms with Crippen molar-refractivity contribution in [2.24, 2.45) is 0 Å². The van der Waals surface area contributed by atoms with Crippen molar-refractivity contribution >= 4 is 17.6 Å². The maximum atomic E-state index is 11.7. The van der Waals surface area contributed by atoms with Crippen LogP contribution < -0.4 is 0 Å². The Bertz CT molecular complexity index is 415. The van der Waals surface area contributed by atoms with Crippen LogP contribution in [0.4, 0.5) is 0 Å². The zero-order valence-corrected chi connectivity index (χ0v) is 9.12. The summed E-state index contributed by atoms with van der Waals surface area (Å²) in [4.78, 5) is 11.7. The van der Waals surface area contributed by atoms with Crippen molar-refractivity contribution in [3.63, 3.8) is 0 Å². The van der Waals surface area contributed by atoms with Gasteiger partial charge in [-0.1, -0.05) is 29.8 Å². The molecule has 0 aromatic heterocycles. The molecule has 0 heterocycles. The lowest BCUT2D eigenvalue weighted by atomic mass is 9.96. The number of halogens is 1. The van der Waals surface area contributed by atoms with Crippen LogP contribution >= 0.6 is 11.6 Å². The summed E-state index contributed by atoms with van der Waals surface area (Å²) in [6, 6.07) is 6.41. The number of ether oxygens (including phenoxy) is 1. The summed E-state index contributed by atoms with van der Waals surface area (Å²) in [7, 11) is 1.23. The zero-order chi connectivity index (χ0) is 13.1. The molecule has 1 rings (SSSR count). The van der Waals surface area contributed by atoms with E-state index < -0.39 is 18.3 Å². The van der Waals surface area contributed by atoms with Crippen LogP contribution in [0.25, 0.3) is 0 Å². The highest BCUT2D eigenvalue weighted by Gasteiger charge is 2.19. The van der Waals surface area contributed by atoms with Crippen LogP contribution in [-0.4, -0.2) is 13.1 Å². The summed E-state index contributed by atoms with van der Waals surface area (Å²) < 4.78 is 20.2. The molecule has 2 nitrogen and oxygen atoms in total. The van der Waals surface area contributed by atoms with E-state index in [-0.39, 0.29) is 0 Å². The van der Waals surface area contributed by atoms with Gasteiger partial charge in [0, 0.05) is 7.76 Å². The fraction of sp³-hybridized carbons (Fsp3) is 0.250. The third-order valence-corrected chi connectivity index (χ3v) is 2.18. The molecule has 3 heteroatoms. The van der Waals surface area contributed by atoms with Crippen LogP contribution in [0.15, 0.2) is 36.9 Å². The first-order valence-corrected chi connectivity index (χ1v) is 4.77. The molecule has 0 bridgehead atoms. The van der Waals surface area contributed by atoms with E-state index >= 15 is 0 Å². The van der Waals surface area contributed by atoms with Crippen molar-refractivity contribution in [1.29, 1.82) is 0 Å². The topological polar surface area (TPSA) is 26.3 Å². The summed E-state index contributed by atoms with van der Waals surface area (Å²) in [5.74, 6) is -1.68. The number of rotatable bonds is 4. The van der Waals surface area contributed by atoms with Gasteiger partial charge in [0.25, 0.3) is 0 Å². The smallest absolute Gasteiger partial charge is 0.313 e. The highest BCUT2D eigenvalue weighted by Crippen LogP contribution is 2.23. The third kappa shape index (κ3) is 3.10. The first-order chi connectivity index (χ1) is 7.92. The van der Waals surface area contributed by atoms with Gasteiger partial charge in [-0.2, -0.15) is 0 Å². The van der Waals surface area contributed by atoms with Gasteiger partial charge in [0.1, 0.15) is 0 Å². The Morgan fingerprint density at radius 3 is 2.73 bits per heavy atom. The molecule has 0 saturated carbocycles. The quantitative estimate of drug-likeness (QED) is 0.582.